The minimum Gasteiger partial charge on any atom is -0.480 e. The molecule has 19 heavy (non-hydrogen) atoms. The standard InChI is InChI=1S/C15H30N2O2/c1-12(2)8-10-17(13-6-4-5-7-13)11-9-15(3,16)14(18)19/h12-13H,4-11,16H2,1-3H3,(H,18,19). The summed E-state index contributed by atoms with van der Waals surface area (Å²) in [6, 6.07) is 0.642. The maximum Gasteiger partial charge on any atom is 0.323 e. The minimum atomic E-state index is -1.10. The van der Waals surface area contributed by atoms with Gasteiger partial charge in [-0.1, -0.05) is 26.7 Å². The van der Waals surface area contributed by atoms with Crippen LogP contribution in [0, 0.1) is 5.92 Å². The van der Waals surface area contributed by atoms with Gasteiger partial charge in [0.25, 0.3) is 0 Å². The largest absolute Gasteiger partial charge is 0.480 e. The van der Waals surface area contributed by atoms with Gasteiger partial charge in [-0.15, -0.1) is 0 Å². The van der Waals surface area contributed by atoms with E-state index in [0.717, 1.165) is 13.1 Å². The van der Waals surface area contributed by atoms with Gasteiger partial charge in [0.05, 0.1) is 0 Å². The average molecular weight is 270 g/mol. The zero-order chi connectivity index (χ0) is 14.5. The SMILES string of the molecule is CC(C)CCN(CCC(C)(N)C(=O)O)C1CCCC1. The molecule has 0 aromatic heterocycles. The van der Waals surface area contributed by atoms with Gasteiger partial charge in [-0.05, 0) is 45.1 Å². The maximum absolute atomic E-state index is 11.1. The summed E-state index contributed by atoms with van der Waals surface area (Å²) in [5.74, 6) is -0.213. The van der Waals surface area contributed by atoms with Crippen LogP contribution >= 0.6 is 0 Å². The maximum atomic E-state index is 11.1. The van der Waals surface area contributed by atoms with Crippen molar-refractivity contribution in [1.29, 1.82) is 0 Å². The van der Waals surface area contributed by atoms with Crippen LogP contribution in [0.2, 0.25) is 0 Å². The van der Waals surface area contributed by atoms with E-state index in [0.29, 0.717) is 18.4 Å². The third-order valence-electron chi connectivity index (χ3n) is 4.24. The van der Waals surface area contributed by atoms with Gasteiger partial charge in [-0.3, -0.25) is 4.79 Å². The molecular formula is C15H30N2O2. The molecule has 1 rings (SSSR count). The van der Waals surface area contributed by atoms with Crippen molar-refractivity contribution < 1.29 is 9.90 Å². The molecule has 0 aromatic rings. The molecule has 4 nitrogen and oxygen atoms in total. The second-order valence-corrected chi connectivity index (χ2v) is 6.63. The van der Waals surface area contributed by atoms with E-state index in [4.69, 9.17) is 10.8 Å². The fourth-order valence-corrected chi connectivity index (χ4v) is 2.65. The van der Waals surface area contributed by atoms with Crippen molar-refractivity contribution in [3.63, 3.8) is 0 Å². The summed E-state index contributed by atoms with van der Waals surface area (Å²) >= 11 is 0. The highest BCUT2D eigenvalue weighted by Crippen LogP contribution is 2.25. The Kier molecular flexibility index (Phi) is 6.27. The van der Waals surface area contributed by atoms with Crippen LogP contribution in [0.5, 0.6) is 0 Å². The van der Waals surface area contributed by atoms with Crippen LogP contribution in [0.15, 0.2) is 0 Å². The van der Waals surface area contributed by atoms with E-state index in [1.54, 1.807) is 6.92 Å². The molecule has 1 aliphatic rings. The molecular weight excluding hydrogens is 240 g/mol. The Labute approximate surface area is 117 Å². The highest BCUT2D eigenvalue weighted by molar-refractivity contribution is 5.77. The van der Waals surface area contributed by atoms with Crippen LogP contribution in [0.3, 0.4) is 0 Å². The number of carbonyl (C=O) groups is 1. The van der Waals surface area contributed by atoms with Gasteiger partial charge in [0.2, 0.25) is 0 Å². The molecule has 0 heterocycles. The van der Waals surface area contributed by atoms with Gasteiger partial charge in [0.1, 0.15) is 5.54 Å². The lowest BCUT2D eigenvalue weighted by atomic mass is 9.98. The van der Waals surface area contributed by atoms with E-state index >= 15 is 0 Å². The number of rotatable bonds is 8. The number of carboxylic acids is 1. The van der Waals surface area contributed by atoms with Crippen LogP contribution < -0.4 is 5.73 Å². The van der Waals surface area contributed by atoms with Gasteiger partial charge in [0, 0.05) is 12.6 Å². The summed E-state index contributed by atoms with van der Waals surface area (Å²) in [7, 11) is 0. The molecule has 112 valence electrons. The molecule has 1 saturated carbocycles. The fraction of sp³-hybridized carbons (Fsp3) is 0.933. The van der Waals surface area contributed by atoms with Gasteiger partial charge in [0.15, 0.2) is 0 Å². The van der Waals surface area contributed by atoms with Crippen molar-refractivity contribution in [1.82, 2.24) is 4.90 Å². The Balaban J connectivity index is 2.50. The number of nitrogens with two attached hydrogens (primary N) is 1. The van der Waals surface area contributed by atoms with E-state index < -0.39 is 11.5 Å². The quantitative estimate of drug-likeness (QED) is 0.711. The molecule has 0 amide bonds. The van der Waals surface area contributed by atoms with E-state index in [1.165, 1.54) is 32.1 Å². The summed E-state index contributed by atoms with van der Waals surface area (Å²) in [4.78, 5) is 13.6. The van der Waals surface area contributed by atoms with Crippen molar-refractivity contribution in [2.75, 3.05) is 13.1 Å². The van der Waals surface area contributed by atoms with Crippen LogP contribution in [0.1, 0.15) is 59.3 Å². The zero-order valence-electron chi connectivity index (χ0n) is 12.7. The molecule has 0 aromatic carbocycles. The second kappa shape index (κ2) is 7.25. The highest BCUT2D eigenvalue weighted by atomic mass is 16.4. The van der Waals surface area contributed by atoms with Crippen LogP contribution in [-0.2, 0) is 4.79 Å². The van der Waals surface area contributed by atoms with Gasteiger partial charge < -0.3 is 15.7 Å². The first kappa shape index (κ1) is 16.4. The van der Waals surface area contributed by atoms with Gasteiger partial charge in [-0.25, -0.2) is 0 Å². The molecule has 0 saturated heterocycles. The molecule has 1 aliphatic carbocycles. The van der Waals surface area contributed by atoms with E-state index in [1.807, 2.05) is 0 Å². The molecule has 1 fully saturated rings. The van der Waals surface area contributed by atoms with Crippen LogP contribution in [-0.4, -0.2) is 40.6 Å². The number of hydrogen-bond donors (Lipinski definition) is 2. The zero-order valence-corrected chi connectivity index (χ0v) is 12.7. The first-order valence-corrected chi connectivity index (χ1v) is 7.59. The molecule has 0 radical (unpaired) electrons. The average Bonchev–Trinajstić information content (AvgIpc) is 2.82. The predicted molar refractivity (Wildman–Crippen MR) is 78.1 cm³/mol. The Morgan fingerprint density at radius 3 is 2.42 bits per heavy atom. The fourth-order valence-electron chi connectivity index (χ4n) is 2.65. The van der Waals surface area contributed by atoms with Crippen molar-refractivity contribution >= 4 is 5.97 Å². The van der Waals surface area contributed by atoms with Gasteiger partial charge in [-0.2, -0.15) is 0 Å². The van der Waals surface area contributed by atoms with Crippen molar-refractivity contribution in [2.24, 2.45) is 11.7 Å². The smallest absolute Gasteiger partial charge is 0.323 e. The Hall–Kier alpha value is -0.610. The molecule has 1 unspecified atom stereocenters. The number of hydrogen-bond acceptors (Lipinski definition) is 3. The molecule has 3 N–H and O–H groups in total. The second-order valence-electron chi connectivity index (χ2n) is 6.63. The first-order chi connectivity index (χ1) is 8.83. The summed E-state index contributed by atoms with van der Waals surface area (Å²) in [5.41, 5.74) is 4.73. The lowest BCUT2D eigenvalue weighted by Crippen LogP contribution is -2.48. The van der Waals surface area contributed by atoms with Crippen LogP contribution in [0.4, 0.5) is 0 Å². The van der Waals surface area contributed by atoms with Gasteiger partial charge >= 0.3 is 5.97 Å². The van der Waals surface area contributed by atoms with Crippen molar-refractivity contribution in [3.8, 4) is 0 Å². The van der Waals surface area contributed by atoms with Crippen LogP contribution in [0.25, 0.3) is 0 Å². The summed E-state index contributed by atoms with van der Waals surface area (Å²) in [5, 5.41) is 9.09. The summed E-state index contributed by atoms with van der Waals surface area (Å²) in [6.07, 6.45) is 6.82. The Bertz CT molecular complexity index is 284. The molecule has 0 aliphatic heterocycles. The normalized spacial score (nSPS) is 20.1. The van der Waals surface area contributed by atoms with Crippen molar-refractivity contribution in [3.05, 3.63) is 0 Å². The monoisotopic (exact) mass is 270 g/mol. The summed E-state index contributed by atoms with van der Waals surface area (Å²) in [6.45, 7) is 7.95. The molecule has 0 spiro atoms. The Morgan fingerprint density at radius 2 is 1.95 bits per heavy atom. The predicted octanol–water partition coefficient (Wildman–Crippen LogP) is 2.47. The third-order valence-corrected chi connectivity index (χ3v) is 4.24. The summed E-state index contributed by atoms with van der Waals surface area (Å²) < 4.78 is 0. The molecule has 0 bridgehead atoms. The number of carboxylic acid groups (broad SMARTS) is 1. The number of nitrogens with zero attached hydrogens (tertiary/aromatic N) is 1. The Morgan fingerprint density at radius 1 is 1.37 bits per heavy atom. The first-order valence-electron chi connectivity index (χ1n) is 7.59. The van der Waals surface area contributed by atoms with Crippen molar-refractivity contribution in [2.45, 2.75) is 70.9 Å². The van der Waals surface area contributed by atoms with E-state index in [9.17, 15) is 4.79 Å². The third kappa shape index (κ3) is 5.49. The van der Waals surface area contributed by atoms with E-state index in [2.05, 4.69) is 18.7 Å². The lowest BCUT2D eigenvalue weighted by molar-refractivity contribution is -0.143. The highest BCUT2D eigenvalue weighted by Gasteiger charge is 2.30. The minimum absolute atomic E-state index is 0.525. The lowest BCUT2D eigenvalue weighted by Gasteiger charge is -2.32. The number of aliphatic carboxylic acids is 1. The molecule has 1 atom stereocenters. The van der Waals surface area contributed by atoms with E-state index in [-0.39, 0.29) is 0 Å². The topological polar surface area (TPSA) is 66.6 Å². The molecule has 4 heteroatoms.